The number of amides is 1. The number of carbonyl (C=O) groups is 1. The van der Waals surface area contributed by atoms with Gasteiger partial charge in [-0.15, -0.1) is 0 Å². The van der Waals surface area contributed by atoms with E-state index in [1.54, 1.807) is 4.68 Å². The predicted octanol–water partition coefficient (Wildman–Crippen LogP) is 2.47. The average molecular weight is 371 g/mol. The van der Waals surface area contributed by atoms with Gasteiger partial charge in [-0.25, -0.2) is 0 Å². The fourth-order valence-corrected chi connectivity index (χ4v) is 3.14. The Morgan fingerprint density at radius 1 is 1.19 bits per heavy atom. The minimum Gasteiger partial charge on any atom is -0.478 e. The summed E-state index contributed by atoms with van der Waals surface area (Å²) in [6.07, 6.45) is 0. The maximum atomic E-state index is 13.0. The van der Waals surface area contributed by atoms with Crippen LogP contribution in [0.2, 0.25) is 0 Å². The van der Waals surface area contributed by atoms with Crippen LogP contribution in [-0.2, 0) is 12.5 Å². The van der Waals surface area contributed by atoms with Crippen LogP contribution in [0, 0.1) is 0 Å². The Kier molecular flexibility index (Phi) is 5.39. The van der Waals surface area contributed by atoms with E-state index in [1.165, 1.54) is 0 Å². The molecule has 0 bridgehead atoms. The van der Waals surface area contributed by atoms with Gasteiger partial charge in [0.05, 0.1) is 12.3 Å². The Labute approximate surface area is 160 Å². The van der Waals surface area contributed by atoms with E-state index in [4.69, 9.17) is 4.74 Å². The van der Waals surface area contributed by atoms with Crippen LogP contribution in [0.15, 0.2) is 24.3 Å². The molecule has 1 saturated heterocycles. The third kappa shape index (κ3) is 4.23. The van der Waals surface area contributed by atoms with Gasteiger partial charge in [0.2, 0.25) is 5.88 Å². The number of hydrogen-bond acceptors (Lipinski definition) is 5. The summed E-state index contributed by atoms with van der Waals surface area (Å²) in [6.45, 7) is 11.7. The number of aryl methyl sites for hydroxylation is 1. The molecule has 7 nitrogen and oxygen atoms in total. The molecule has 0 spiro atoms. The highest BCUT2D eigenvalue weighted by Gasteiger charge is 2.27. The molecule has 146 valence electrons. The van der Waals surface area contributed by atoms with Gasteiger partial charge in [0, 0.05) is 44.7 Å². The second-order valence-corrected chi connectivity index (χ2v) is 7.83. The fraction of sp³-hybridized carbons (Fsp3) is 0.550. The van der Waals surface area contributed by atoms with Crippen molar-refractivity contribution in [2.75, 3.05) is 37.7 Å². The zero-order valence-electron chi connectivity index (χ0n) is 16.9. The van der Waals surface area contributed by atoms with E-state index < -0.39 is 0 Å². The van der Waals surface area contributed by atoms with E-state index in [0.717, 1.165) is 24.6 Å². The molecule has 0 saturated carbocycles. The molecule has 2 aromatic heterocycles. The van der Waals surface area contributed by atoms with Gasteiger partial charge in [0.15, 0.2) is 0 Å². The van der Waals surface area contributed by atoms with E-state index in [-0.39, 0.29) is 11.3 Å². The molecule has 0 radical (unpaired) electrons. The SMILES string of the molecule is CCOc1cccc(N2CCN(C(=O)c3cc(C(C)(C)C)nn3C)CC2)n1. The number of aromatic nitrogens is 3. The van der Waals surface area contributed by atoms with Crippen LogP contribution in [0.4, 0.5) is 5.82 Å². The lowest BCUT2D eigenvalue weighted by Gasteiger charge is -2.35. The summed E-state index contributed by atoms with van der Waals surface area (Å²) in [5.41, 5.74) is 1.50. The second kappa shape index (κ2) is 7.58. The maximum Gasteiger partial charge on any atom is 0.272 e. The quantitative estimate of drug-likeness (QED) is 0.826. The smallest absolute Gasteiger partial charge is 0.272 e. The highest BCUT2D eigenvalue weighted by Crippen LogP contribution is 2.23. The molecule has 3 heterocycles. The van der Waals surface area contributed by atoms with Crippen molar-refractivity contribution in [2.24, 2.45) is 7.05 Å². The molecule has 0 aromatic carbocycles. The van der Waals surface area contributed by atoms with Crippen LogP contribution in [0.3, 0.4) is 0 Å². The van der Waals surface area contributed by atoms with E-state index in [1.807, 2.05) is 43.1 Å². The van der Waals surface area contributed by atoms with Gasteiger partial charge in [-0.3, -0.25) is 9.48 Å². The first-order valence-electron chi connectivity index (χ1n) is 9.48. The highest BCUT2D eigenvalue weighted by atomic mass is 16.5. The molecular formula is C20H29N5O2. The number of pyridine rings is 1. The molecule has 1 aliphatic heterocycles. The largest absolute Gasteiger partial charge is 0.478 e. The molecular weight excluding hydrogens is 342 g/mol. The van der Waals surface area contributed by atoms with Crippen molar-refractivity contribution in [3.8, 4) is 5.88 Å². The van der Waals surface area contributed by atoms with Gasteiger partial charge in [-0.05, 0) is 19.1 Å². The zero-order chi connectivity index (χ0) is 19.6. The van der Waals surface area contributed by atoms with Gasteiger partial charge >= 0.3 is 0 Å². The second-order valence-electron chi connectivity index (χ2n) is 7.83. The third-order valence-electron chi connectivity index (χ3n) is 4.76. The minimum absolute atomic E-state index is 0.0381. The van der Waals surface area contributed by atoms with Crippen LogP contribution in [0.1, 0.15) is 43.9 Å². The van der Waals surface area contributed by atoms with Crippen LogP contribution in [0.5, 0.6) is 5.88 Å². The van der Waals surface area contributed by atoms with Crippen LogP contribution < -0.4 is 9.64 Å². The van der Waals surface area contributed by atoms with Gasteiger partial charge in [0.25, 0.3) is 5.91 Å². The van der Waals surface area contributed by atoms with E-state index in [9.17, 15) is 4.79 Å². The highest BCUT2D eigenvalue weighted by molar-refractivity contribution is 5.93. The van der Waals surface area contributed by atoms with Crippen molar-refractivity contribution in [3.63, 3.8) is 0 Å². The van der Waals surface area contributed by atoms with Crippen molar-refractivity contribution in [3.05, 3.63) is 35.7 Å². The summed E-state index contributed by atoms with van der Waals surface area (Å²) >= 11 is 0. The Bertz CT molecular complexity index is 801. The molecule has 1 amide bonds. The number of hydrogen-bond donors (Lipinski definition) is 0. The summed E-state index contributed by atoms with van der Waals surface area (Å²) in [6, 6.07) is 7.72. The number of ether oxygens (including phenoxy) is 1. The number of anilines is 1. The molecule has 1 aliphatic rings. The Hall–Kier alpha value is -2.57. The summed E-state index contributed by atoms with van der Waals surface area (Å²) in [4.78, 5) is 21.6. The van der Waals surface area contributed by atoms with Crippen molar-refractivity contribution in [1.29, 1.82) is 0 Å². The van der Waals surface area contributed by atoms with Gasteiger partial charge < -0.3 is 14.5 Å². The van der Waals surface area contributed by atoms with Crippen molar-refractivity contribution in [1.82, 2.24) is 19.7 Å². The first-order valence-corrected chi connectivity index (χ1v) is 9.48. The molecule has 0 unspecified atom stereocenters. The summed E-state index contributed by atoms with van der Waals surface area (Å²) in [5, 5.41) is 4.52. The van der Waals surface area contributed by atoms with Crippen molar-refractivity contribution in [2.45, 2.75) is 33.1 Å². The molecule has 0 aliphatic carbocycles. The van der Waals surface area contributed by atoms with Crippen molar-refractivity contribution < 1.29 is 9.53 Å². The molecule has 27 heavy (non-hydrogen) atoms. The fourth-order valence-electron chi connectivity index (χ4n) is 3.14. The lowest BCUT2D eigenvalue weighted by Crippen LogP contribution is -2.49. The maximum absolute atomic E-state index is 13.0. The minimum atomic E-state index is -0.0771. The molecule has 1 fully saturated rings. The van der Waals surface area contributed by atoms with Gasteiger partial charge in [0.1, 0.15) is 11.5 Å². The van der Waals surface area contributed by atoms with E-state index in [2.05, 4.69) is 35.8 Å². The predicted molar refractivity (Wildman–Crippen MR) is 105 cm³/mol. The monoisotopic (exact) mass is 371 g/mol. The summed E-state index contributed by atoms with van der Waals surface area (Å²) < 4.78 is 7.18. The molecule has 2 aromatic rings. The Morgan fingerprint density at radius 2 is 1.89 bits per heavy atom. The van der Waals surface area contributed by atoms with E-state index >= 15 is 0 Å². The van der Waals surface area contributed by atoms with Crippen LogP contribution in [-0.4, -0.2) is 58.4 Å². The molecule has 7 heteroatoms. The van der Waals surface area contributed by atoms with E-state index in [0.29, 0.717) is 31.3 Å². The molecule has 3 rings (SSSR count). The molecule has 0 atom stereocenters. The number of piperazine rings is 1. The van der Waals surface area contributed by atoms with Gasteiger partial charge in [-0.1, -0.05) is 26.8 Å². The summed E-state index contributed by atoms with van der Waals surface area (Å²) in [7, 11) is 1.84. The normalized spacial score (nSPS) is 15.1. The standard InChI is InChI=1S/C20H29N5O2/c1-6-27-18-9-7-8-17(21-18)24-10-12-25(13-11-24)19(26)15-14-16(20(2,3)4)22-23(15)5/h7-9,14H,6,10-13H2,1-5H3. The van der Waals surface area contributed by atoms with Crippen molar-refractivity contribution >= 4 is 11.7 Å². The summed E-state index contributed by atoms with van der Waals surface area (Å²) in [5.74, 6) is 1.57. The first kappa shape index (κ1) is 19.2. The Balaban J connectivity index is 1.66. The van der Waals surface area contributed by atoms with Crippen LogP contribution in [0.25, 0.3) is 0 Å². The number of rotatable bonds is 4. The lowest BCUT2D eigenvalue weighted by atomic mass is 9.92. The number of carbonyl (C=O) groups excluding carboxylic acids is 1. The third-order valence-corrected chi connectivity index (χ3v) is 4.76. The molecule has 0 N–H and O–H groups in total. The topological polar surface area (TPSA) is 63.5 Å². The zero-order valence-corrected chi connectivity index (χ0v) is 16.9. The first-order chi connectivity index (χ1) is 12.8. The Morgan fingerprint density at radius 3 is 2.48 bits per heavy atom. The van der Waals surface area contributed by atoms with Crippen LogP contribution >= 0.6 is 0 Å². The average Bonchev–Trinajstić information content (AvgIpc) is 3.04. The number of nitrogens with zero attached hydrogens (tertiary/aromatic N) is 5. The van der Waals surface area contributed by atoms with Gasteiger partial charge in [-0.2, -0.15) is 10.1 Å². The lowest BCUT2D eigenvalue weighted by molar-refractivity contribution is 0.0735.